The number of anilines is 2. The highest BCUT2D eigenvalue weighted by Gasteiger charge is 2.26. The smallest absolute Gasteiger partial charge is 0.407 e. The van der Waals surface area contributed by atoms with E-state index in [4.69, 9.17) is 0 Å². The Bertz CT molecular complexity index is 761. The molecule has 0 unspecified atom stereocenters. The van der Waals surface area contributed by atoms with Gasteiger partial charge < -0.3 is 15.3 Å². The number of urea groups is 1. The molecule has 0 radical (unpaired) electrons. The Morgan fingerprint density at radius 2 is 1.50 bits per heavy atom. The maximum absolute atomic E-state index is 12.9. The summed E-state index contributed by atoms with van der Waals surface area (Å²) in [4.78, 5) is 27.8. The van der Waals surface area contributed by atoms with E-state index in [0.717, 1.165) is 31.4 Å². The van der Waals surface area contributed by atoms with E-state index in [1.807, 2.05) is 60.7 Å². The number of nitrogens with zero attached hydrogens (tertiary/aromatic N) is 2. The van der Waals surface area contributed by atoms with Gasteiger partial charge in [0.2, 0.25) is 0 Å². The Hall–Kier alpha value is -3.02. The van der Waals surface area contributed by atoms with Gasteiger partial charge in [-0.2, -0.15) is 0 Å². The summed E-state index contributed by atoms with van der Waals surface area (Å²) >= 11 is 0. The summed E-state index contributed by atoms with van der Waals surface area (Å²) in [6.45, 7) is 0.586. The Morgan fingerprint density at radius 3 is 2.11 bits per heavy atom. The maximum atomic E-state index is 12.9. The van der Waals surface area contributed by atoms with Gasteiger partial charge in [-0.05, 0) is 37.1 Å². The van der Waals surface area contributed by atoms with E-state index in [-0.39, 0.29) is 18.6 Å². The molecule has 0 saturated heterocycles. The summed E-state index contributed by atoms with van der Waals surface area (Å²) < 4.78 is 0. The van der Waals surface area contributed by atoms with E-state index in [2.05, 4.69) is 5.32 Å². The average Bonchev–Trinajstić information content (AvgIpc) is 2.73. The predicted octanol–water partition coefficient (Wildman–Crippen LogP) is 5.04. The van der Waals surface area contributed by atoms with E-state index in [0.29, 0.717) is 12.2 Å². The molecular formula is C22H27N3O3. The van der Waals surface area contributed by atoms with Crippen molar-refractivity contribution in [2.45, 2.75) is 38.1 Å². The highest BCUT2D eigenvalue weighted by atomic mass is 16.4. The zero-order valence-corrected chi connectivity index (χ0v) is 16.0. The number of nitrogens with one attached hydrogen (secondary N) is 1. The molecule has 3 rings (SSSR count). The SMILES string of the molecule is O=C(Nc1ccccc1)N(CCN(C(=O)O)C1CCCCC1)c1ccccc1. The number of hydrogen-bond acceptors (Lipinski definition) is 2. The number of carboxylic acid groups (broad SMARTS) is 1. The number of rotatable bonds is 6. The van der Waals surface area contributed by atoms with Crippen molar-refractivity contribution in [3.63, 3.8) is 0 Å². The van der Waals surface area contributed by atoms with Crippen LogP contribution in [0.3, 0.4) is 0 Å². The van der Waals surface area contributed by atoms with Gasteiger partial charge in [0.05, 0.1) is 0 Å². The first-order valence-corrected chi connectivity index (χ1v) is 9.83. The zero-order valence-electron chi connectivity index (χ0n) is 16.0. The summed E-state index contributed by atoms with van der Waals surface area (Å²) in [6.07, 6.45) is 4.17. The second kappa shape index (κ2) is 9.78. The lowest BCUT2D eigenvalue weighted by Crippen LogP contribution is -2.47. The Kier molecular flexibility index (Phi) is 6.89. The minimum Gasteiger partial charge on any atom is -0.465 e. The molecule has 1 fully saturated rings. The summed E-state index contributed by atoms with van der Waals surface area (Å²) in [5.41, 5.74) is 1.45. The number of benzene rings is 2. The molecule has 2 N–H and O–H groups in total. The van der Waals surface area contributed by atoms with Crippen molar-refractivity contribution < 1.29 is 14.7 Å². The van der Waals surface area contributed by atoms with Crippen molar-refractivity contribution in [3.05, 3.63) is 60.7 Å². The number of carbonyl (C=O) groups is 2. The van der Waals surface area contributed by atoms with Gasteiger partial charge in [-0.3, -0.25) is 4.90 Å². The minimum atomic E-state index is -0.914. The third-order valence-electron chi connectivity index (χ3n) is 5.16. The van der Waals surface area contributed by atoms with Crippen molar-refractivity contribution in [2.24, 2.45) is 0 Å². The standard InChI is InChI=1S/C22H27N3O3/c26-21(23-18-10-4-1-5-11-18)24(19-12-6-2-7-13-19)16-17-25(22(27)28)20-14-8-3-9-15-20/h1-2,4-7,10-13,20H,3,8-9,14-17H2,(H,23,26)(H,27,28). The predicted molar refractivity (Wildman–Crippen MR) is 111 cm³/mol. The fraction of sp³-hybridized carbons (Fsp3) is 0.364. The van der Waals surface area contributed by atoms with Gasteiger partial charge in [0, 0.05) is 30.5 Å². The van der Waals surface area contributed by atoms with Crippen LogP contribution in [-0.4, -0.2) is 41.3 Å². The fourth-order valence-corrected chi connectivity index (χ4v) is 3.70. The minimum absolute atomic E-state index is 0.0426. The topological polar surface area (TPSA) is 72.9 Å². The molecule has 0 aromatic heterocycles. The molecule has 1 aliphatic carbocycles. The van der Waals surface area contributed by atoms with Gasteiger partial charge >= 0.3 is 12.1 Å². The largest absolute Gasteiger partial charge is 0.465 e. The highest BCUT2D eigenvalue weighted by Crippen LogP contribution is 2.23. The normalized spacial score (nSPS) is 14.3. The lowest BCUT2D eigenvalue weighted by Gasteiger charge is -2.34. The third-order valence-corrected chi connectivity index (χ3v) is 5.16. The zero-order chi connectivity index (χ0) is 19.8. The molecule has 6 nitrogen and oxygen atoms in total. The Morgan fingerprint density at radius 1 is 0.893 bits per heavy atom. The van der Waals surface area contributed by atoms with Crippen LogP contribution in [0.4, 0.5) is 21.0 Å². The molecule has 2 aromatic carbocycles. The molecule has 3 amide bonds. The van der Waals surface area contributed by atoms with Crippen molar-refractivity contribution in [1.29, 1.82) is 0 Å². The average molecular weight is 381 g/mol. The first-order valence-electron chi connectivity index (χ1n) is 9.83. The Labute approximate surface area is 165 Å². The summed E-state index contributed by atoms with van der Waals surface area (Å²) in [5, 5.41) is 12.6. The molecular weight excluding hydrogens is 354 g/mol. The van der Waals surface area contributed by atoms with Gasteiger partial charge in [-0.25, -0.2) is 9.59 Å². The first kappa shape index (κ1) is 19.7. The number of para-hydroxylation sites is 2. The molecule has 2 aromatic rings. The van der Waals surface area contributed by atoms with Gasteiger partial charge in [0.25, 0.3) is 0 Å². The van der Waals surface area contributed by atoms with Crippen LogP contribution in [0.5, 0.6) is 0 Å². The lowest BCUT2D eigenvalue weighted by molar-refractivity contribution is 0.113. The van der Waals surface area contributed by atoms with Crippen molar-refractivity contribution >= 4 is 23.5 Å². The molecule has 1 saturated carbocycles. The summed E-state index contributed by atoms with van der Waals surface area (Å²) in [7, 11) is 0. The molecule has 6 heteroatoms. The number of hydrogen-bond donors (Lipinski definition) is 2. The maximum Gasteiger partial charge on any atom is 0.407 e. The van der Waals surface area contributed by atoms with E-state index >= 15 is 0 Å². The molecule has 148 valence electrons. The van der Waals surface area contributed by atoms with Gasteiger partial charge in [0.15, 0.2) is 0 Å². The second-order valence-corrected chi connectivity index (χ2v) is 7.05. The van der Waals surface area contributed by atoms with E-state index in [9.17, 15) is 14.7 Å². The van der Waals surface area contributed by atoms with Crippen LogP contribution in [0.15, 0.2) is 60.7 Å². The van der Waals surface area contributed by atoms with Crippen molar-refractivity contribution in [1.82, 2.24) is 4.90 Å². The summed E-state index contributed by atoms with van der Waals surface area (Å²) in [6, 6.07) is 18.4. The number of carbonyl (C=O) groups excluding carboxylic acids is 1. The highest BCUT2D eigenvalue weighted by molar-refractivity contribution is 6.01. The van der Waals surface area contributed by atoms with Gasteiger partial charge in [-0.1, -0.05) is 55.7 Å². The monoisotopic (exact) mass is 381 g/mol. The third kappa shape index (κ3) is 5.25. The molecule has 0 heterocycles. The molecule has 0 aliphatic heterocycles. The van der Waals surface area contributed by atoms with Crippen LogP contribution >= 0.6 is 0 Å². The van der Waals surface area contributed by atoms with E-state index in [1.165, 1.54) is 11.3 Å². The van der Waals surface area contributed by atoms with Gasteiger partial charge in [0.1, 0.15) is 0 Å². The molecule has 28 heavy (non-hydrogen) atoms. The summed E-state index contributed by atoms with van der Waals surface area (Å²) in [5.74, 6) is 0. The first-order chi connectivity index (χ1) is 13.6. The Balaban J connectivity index is 1.73. The second-order valence-electron chi connectivity index (χ2n) is 7.05. The molecule has 0 bridgehead atoms. The van der Waals surface area contributed by atoms with Crippen LogP contribution in [0, 0.1) is 0 Å². The van der Waals surface area contributed by atoms with Crippen LogP contribution < -0.4 is 10.2 Å². The van der Waals surface area contributed by atoms with E-state index < -0.39 is 6.09 Å². The lowest BCUT2D eigenvalue weighted by atomic mass is 9.94. The van der Waals surface area contributed by atoms with Crippen LogP contribution in [0.2, 0.25) is 0 Å². The quantitative estimate of drug-likeness (QED) is 0.736. The van der Waals surface area contributed by atoms with Crippen LogP contribution in [0.1, 0.15) is 32.1 Å². The fourth-order valence-electron chi connectivity index (χ4n) is 3.70. The van der Waals surface area contributed by atoms with Crippen molar-refractivity contribution in [2.75, 3.05) is 23.3 Å². The number of amides is 3. The van der Waals surface area contributed by atoms with Crippen LogP contribution in [-0.2, 0) is 0 Å². The van der Waals surface area contributed by atoms with Crippen molar-refractivity contribution in [3.8, 4) is 0 Å². The molecule has 0 spiro atoms. The van der Waals surface area contributed by atoms with Crippen LogP contribution in [0.25, 0.3) is 0 Å². The molecule has 1 aliphatic rings. The van der Waals surface area contributed by atoms with Gasteiger partial charge in [-0.15, -0.1) is 0 Å². The molecule has 0 atom stereocenters. The van der Waals surface area contributed by atoms with E-state index in [1.54, 1.807) is 4.90 Å².